The molecule has 0 heterocycles. The number of carbonyl (C=O) groups is 1. The molecular weight excluding hydrogens is 366 g/mol. The number of nitrogens with one attached hydrogen (secondary N) is 1. The third kappa shape index (κ3) is 5.29. The van der Waals surface area contributed by atoms with Gasteiger partial charge in [0.25, 0.3) is 5.91 Å². The first kappa shape index (κ1) is 20.3. The van der Waals surface area contributed by atoms with Gasteiger partial charge in [0, 0.05) is 17.7 Å². The molecule has 1 N–H and O–H groups in total. The standard InChI is InChI=1S/C24H25NO4/c1-17-8-10-18(11-9-17)15-25-24(26)19-12-13-21(27-2)20(14-19)16-29-23-7-5-4-6-22(23)28-3/h4-14H,15-16H2,1-3H3,(H,25,26). The van der Waals surface area contributed by atoms with Crippen molar-refractivity contribution in [1.82, 2.24) is 5.32 Å². The zero-order valence-electron chi connectivity index (χ0n) is 16.9. The van der Waals surface area contributed by atoms with Crippen LogP contribution in [0.1, 0.15) is 27.0 Å². The number of methoxy groups -OCH3 is 2. The molecule has 0 spiro atoms. The largest absolute Gasteiger partial charge is 0.496 e. The SMILES string of the molecule is COc1ccc(C(=O)NCc2ccc(C)cc2)cc1COc1ccccc1OC. The minimum Gasteiger partial charge on any atom is -0.496 e. The first-order valence-corrected chi connectivity index (χ1v) is 9.37. The number of para-hydroxylation sites is 2. The van der Waals surface area contributed by atoms with Gasteiger partial charge in [-0.25, -0.2) is 0 Å². The van der Waals surface area contributed by atoms with E-state index < -0.39 is 0 Å². The second-order valence-corrected chi connectivity index (χ2v) is 6.63. The van der Waals surface area contributed by atoms with Gasteiger partial charge in [-0.05, 0) is 42.8 Å². The Morgan fingerprint density at radius 1 is 0.862 bits per heavy atom. The van der Waals surface area contributed by atoms with Crippen LogP contribution in [0.2, 0.25) is 0 Å². The molecule has 5 nitrogen and oxygen atoms in total. The Morgan fingerprint density at radius 2 is 1.55 bits per heavy atom. The average Bonchev–Trinajstić information content (AvgIpc) is 2.77. The van der Waals surface area contributed by atoms with Gasteiger partial charge in [-0.3, -0.25) is 4.79 Å². The van der Waals surface area contributed by atoms with Gasteiger partial charge in [0.2, 0.25) is 0 Å². The van der Waals surface area contributed by atoms with Crippen LogP contribution in [0, 0.1) is 6.92 Å². The minimum atomic E-state index is -0.147. The lowest BCUT2D eigenvalue weighted by Gasteiger charge is -2.14. The van der Waals surface area contributed by atoms with E-state index in [9.17, 15) is 4.79 Å². The van der Waals surface area contributed by atoms with E-state index in [1.807, 2.05) is 55.5 Å². The lowest BCUT2D eigenvalue weighted by molar-refractivity contribution is 0.0950. The number of hydrogen-bond acceptors (Lipinski definition) is 4. The van der Waals surface area contributed by atoms with Crippen LogP contribution in [0.5, 0.6) is 17.2 Å². The van der Waals surface area contributed by atoms with E-state index in [1.165, 1.54) is 5.56 Å². The predicted molar refractivity (Wildman–Crippen MR) is 113 cm³/mol. The maximum Gasteiger partial charge on any atom is 0.251 e. The van der Waals surface area contributed by atoms with E-state index >= 15 is 0 Å². The fourth-order valence-corrected chi connectivity index (χ4v) is 2.92. The molecule has 0 fully saturated rings. The van der Waals surface area contributed by atoms with Crippen LogP contribution in [-0.2, 0) is 13.2 Å². The number of ether oxygens (including phenoxy) is 3. The fraction of sp³-hybridized carbons (Fsp3) is 0.208. The molecule has 150 valence electrons. The number of rotatable bonds is 8. The molecule has 0 saturated carbocycles. The second kappa shape index (κ2) is 9.64. The first-order chi connectivity index (χ1) is 14.1. The monoisotopic (exact) mass is 391 g/mol. The Hall–Kier alpha value is -3.47. The summed E-state index contributed by atoms with van der Waals surface area (Å²) in [5.74, 6) is 1.80. The molecular formula is C24H25NO4. The highest BCUT2D eigenvalue weighted by Crippen LogP contribution is 2.28. The van der Waals surface area contributed by atoms with Crippen LogP contribution in [0.3, 0.4) is 0 Å². The summed E-state index contributed by atoms with van der Waals surface area (Å²) >= 11 is 0. The zero-order chi connectivity index (χ0) is 20.6. The number of aryl methyl sites for hydroxylation is 1. The molecule has 0 bridgehead atoms. The number of amides is 1. The Balaban J connectivity index is 1.70. The van der Waals surface area contributed by atoms with Crippen LogP contribution >= 0.6 is 0 Å². The Morgan fingerprint density at radius 3 is 2.24 bits per heavy atom. The van der Waals surface area contributed by atoms with Crippen molar-refractivity contribution >= 4 is 5.91 Å². The predicted octanol–water partition coefficient (Wildman–Crippen LogP) is 4.52. The van der Waals surface area contributed by atoms with Crippen molar-refractivity contribution in [2.24, 2.45) is 0 Å². The van der Waals surface area contributed by atoms with Gasteiger partial charge in [0.05, 0.1) is 14.2 Å². The summed E-state index contributed by atoms with van der Waals surface area (Å²) in [4.78, 5) is 12.6. The number of benzene rings is 3. The topological polar surface area (TPSA) is 56.8 Å². The van der Waals surface area contributed by atoms with E-state index in [4.69, 9.17) is 14.2 Å². The summed E-state index contributed by atoms with van der Waals surface area (Å²) in [6, 6.07) is 20.8. The first-order valence-electron chi connectivity index (χ1n) is 9.37. The highest BCUT2D eigenvalue weighted by Gasteiger charge is 2.12. The van der Waals surface area contributed by atoms with E-state index in [1.54, 1.807) is 32.4 Å². The van der Waals surface area contributed by atoms with Gasteiger partial charge in [-0.1, -0.05) is 42.0 Å². The molecule has 0 aliphatic rings. The van der Waals surface area contributed by atoms with Crippen molar-refractivity contribution in [3.05, 3.63) is 89.0 Å². The molecule has 0 aliphatic heterocycles. The molecule has 0 aliphatic carbocycles. The molecule has 5 heteroatoms. The highest BCUT2D eigenvalue weighted by molar-refractivity contribution is 5.94. The van der Waals surface area contributed by atoms with Gasteiger partial charge >= 0.3 is 0 Å². The summed E-state index contributed by atoms with van der Waals surface area (Å²) < 4.78 is 16.6. The third-order valence-corrected chi connectivity index (χ3v) is 4.57. The lowest BCUT2D eigenvalue weighted by atomic mass is 10.1. The summed E-state index contributed by atoms with van der Waals surface area (Å²) in [6.07, 6.45) is 0. The summed E-state index contributed by atoms with van der Waals surface area (Å²) in [5.41, 5.74) is 3.57. The van der Waals surface area contributed by atoms with E-state index in [0.29, 0.717) is 29.4 Å². The number of hydrogen-bond donors (Lipinski definition) is 1. The molecule has 0 radical (unpaired) electrons. The summed E-state index contributed by atoms with van der Waals surface area (Å²) in [5, 5.41) is 2.95. The third-order valence-electron chi connectivity index (χ3n) is 4.57. The van der Waals surface area contributed by atoms with Crippen LogP contribution in [0.25, 0.3) is 0 Å². The number of carbonyl (C=O) groups excluding carboxylic acids is 1. The normalized spacial score (nSPS) is 10.3. The van der Waals surface area contributed by atoms with Gasteiger partial charge in [0.1, 0.15) is 12.4 Å². The molecule has 1 amide bonds. The van der Waals surface area contributed by atoms with Crippen molar-refractivity contribution in [2.75, 3.05) is 14.2 Å². The molecule has 0 atom stereocenters. The van der Waals surface area contributed by atoms with Crippen molar-refractivity contribution in [3.8, 4) is 17.2 Å². The molecule has 0 saturated heterocycles. The van der Waals surface area contributed by atoms with Crippen LogP contribution < -0.4 is 19.5 Å². The summed E-state index contributed by atoms with van der Waals surface area (Å²) in [6.45, 7) is 2.76. The van der Waals surface area contributed by atoms with E-state index in [2.05, 4.69) is 5.32 Å². The van der Waals surface area contributed by atoms with E-state index in [0.717, 1.165) is 11.1 Å². The summed E-state index contributed by atoms with van der Waals surface area (Å²) in [7, 11) is 3.20. The molecule has 3 rings (SSSR count). The minimum absolute atomic E-state index is 0.147. The Kier molecular flexibility index (Phi) is 6.74. The van der Waals surface area contributed by atoms with Crippen molar-refractivity contribution < 1.29 is 19.0 Å². The van der Waals surface area contributed by atoms with Gasteiger partial charge in [-0.15, -0.1) is 0 Å². The Bertz CT molecular complexity index is 967. The fourth-order valence-electron chi connectivity index (χ4n) is 2.92. The van der Waals surface area contributed by atoms with Gasteiger partial charge in [-0.2, -0.15) is 0 Å². The maximum absolute atomic E-state index is 12.6. The van der Waals surface area contributed by atoms with Gasteiger partial charge in [0.15, 0.2) is 11.5 Å². The molecule has 3 aromatic rings. The van der Waals surface area contributed by atoms with Crippen molar-refractivity contribution in [2.45, 2.75) is 20.1 Å². The van der Waals surface area contributed by atoms with E-state index in [-0.39, 0.29) is 12.5 Å². The smallest absolute Gasteiger partial charge is 0.251 e. The van der Waals surface area contributed by atoms with Crippen LogP contribution in [0.15, 0.2) is 66.7 Å². The quantitative estimate of drug-likeness (QED) is 0.613. The van der Waals surface area contributed by atoms with Crippen LogP contribution in [-0.4, -0.2) is 20.1 Å². The molecule has 3 aromatic carbocycles. The highest BCUT2D eigenvalue weighted by atomic mass is 16.5. The zero-order valence-corrected chi connectivity index (χ0v) is 16.9. The molecule has 0 aromatic heterocycles. The average molecular weight is 391 g/mol. The lowest BCUT2D eigenvalue weighted by Crippen LogP contribution is -2.23. The Labute approximate surface area is 171 Å². The van der Waals surface area contributed by atoms with Crippen molar-refractivity contribution in [1.29, 1.82) is 0 Å². The van der Waals surface area contributed by atoms with Crippen LogP contribution in [0.4, 0.5) is 0 Å². The maximum atomic E-state index is 12.6. The second-order valence-electron chi connectivity index (χ2n) is 6.63. The molecule has 29 heavy (non-hydrogen) atoms. The van der Waals surface area contributed by atoms with Gasteiger partial charge < -0.3 is 19.5 Å². The molecule has 0 unspecified atom stereocenters. The van der Waals surface area contributed by atoms with Crippen molar-refractivity contribution in [3.63, 3.8) is 0 Å².